The number of H-pyrrole nitrogens is 2. The predicted molar refractivity (Wildman–Crippen MR) is 106 cm³/mol. The van der Waals surface area contributed by atoms with E-state index in [1.807, 2.05) is 48.5 Å². The van der Waals surface area contributed by atoms with Crippen molar-refractivity contribution in [2.75, 3.05) is 7.11 Å². The quantitative estimate of drug-likeness (QED) is 0.500. The monoisotopic (exact) mass is 374 g/mol. The molecule has 4 aromatic rings. The zero-order valence-corrected chi connectivity index (χ0v) is 15.2. The Morgan fingerprint density at radius 1 is 1.04 bits per heavy atom. The van der Waals surface area contributed by atoms with Crippen LogP contribution < -0.4 is 15.6 Å². The summed E-state index contributed by atoms with van der Waals surface area (Å²) in [5.41, 5.74) is 2.78. The second-order valence-corrected chi connectivity index (χ2v) is 6.23. The van der Waals surface area contributed by atoms with Gasteiger partial charge in [0.15, 0.2) is 0 Å². The number of carbonyl (C=O) groups is 1. The third-order valence-corrected chi connectivity index (χ3v) is 4.41. The number of ether oxygens (including phenoxy) is 1. The van der Waals surface area contributed by atoms with Crippen LogP contribution in [0.25, 0.3) is 22.3 Å². The molecule has 0 aliphatic rings. The maximum absolute atomic E-state index is 12.4. The van der Waals surface area contributed by atoms with Gasteiger partial charge >= 0.3 is 0 Å². The van der Waals surface area contributed by atoms with Crippen molar-refractivity contribution in [3.05, 3.63) is 82.4 Å². The minimum atomic E-state index is -0.456. The number of aromatic nitrogens is 3. The van der Waals surface area contributed by atoms with Crippen LogP contribution in [0.2, 0.25) is 0 Å². The highest BCUT2D eigenvalue weighted by atomic mass is 16.5. The molecule has 0 aliphatic carbocycles. The number of methoxy groups -OCH3 is 1. The lowest BCUT2D eigenvalue weighted by Crippen LogP contribution is -2.29. The first-order chi connectivity index (χ1) is 13.6. The molecule has 0 fully saturated rings. The van der Waals surface area contributed by atoms with Crippen molar-refractivity contribution in [1.29, 1.82) is 0 Å². The summed E-state index contributed by atoms with van der Waals surface area (Å²) in [7, 11) is 1.59. The fraction of sp³-hybridized carbons (Fsp3) is 0.0952. The Balaban J connectivity index is 1.48. The molecule has 28 heavy (non-hydrogen) atoms. The Morgan fingerprint density at radius 2 is 1.82 bits per heavy atom. The predicted octanol–water partition coefficient (Wildman–Crippen LogP) is 2.86. The van der Waals surface area contributed by atoms with Crippen molar-refractivity contribution in [3.63, 3.8) is 0 Å². The molecule has 0 bridgehead atoms. The Hall–Kier alpha value is -3.87. The number of nitrogens with zero attached hydrogens (tertiary/aromatic N) is 1. The molecule has 0 aliphatic heterocycles. The number of fused-ring (bicyclic) bond motifs is 1. The molecule has 7 heteroatoms. The molecule has 0 saturated heterocycles. The first-order valence-electron chi connectivity index (χ1n) is 8.73. The van der Waals surface area contributed by atoms with Crippen LogP contribution in [0, 0.1) is 0 Å². The molecule has 1 amide bonds. The van der Waals surface area contributed by atoms with E-state index in [0.29, 0.717) is 11.5 Å². The summed E-state index contributed by atoms with van der Waals surface area (Å²) in [5.74, 6) is 0.900. The molecule has 0 atom stereocenters. The number of hydrogen-bond donors (Lipinski definition) is 3. The molecule has 0 saturated carbocycles. The van der Waals surface area contributed by atoms with E-state index < -0.39 is 11.5 Å². The lowest BCUT2D eigenvalue weighted by atomic mass is 10.1. The van der Waals surface area contributed by atoms with Gasteiger partial charge in [0, 0.05) is 5.69 Å². The van der Waals surface area contributed by atoms with Crippen molar-refractivity contribution < 1.29 is 9.53 Å². The molecule has 4 rings (SSSR count). The van der Waals surface area contributed by atoms with Crippen LogP contribution in [0.3, 0.4) is 0 Å². The van der Waals surface area contributed by atoms with Crippen LogP contribution in [0.5, 0.6) is 5.75 Å². The average Bonchev–Trinajstić information content (AvgIpc) is 3.15. The van der Waals surface area contributed by atoms with Gasteiger partial charge in [-0.05, 0) is 54.1 Å². The van der Waals surface area contributed by atoms with Crippen molar-refractivity contribution in [2.24, 2.45) is 0 Å². The summed E-state index contributed by atoms with van der Waals surface area (Å²) >= 11 is 0. The summed E-state index contributed by atoms with van der Waals surface area (Å²) in [4.78, 5) is 35.0. The lowest BCUT2D eigenvalue weighted by molar-refractivity contribution is 0.0948. The molecule has 2 heterocycles. The van der Waals surface area contributed by atoms with Gasteiger partial charge in [-0.15, -0.1) is 0 Å². The SMILES string of the molecule is COc1ccc(-c2ccc(C(=O)NCc3nc4ccccc4[nH]3)c(=O)[nH]2)cc1. The molecule has 140 valence electrons. The number of carbonyl (C=O) groups excluding carboxylic acids is 1. The van der Waals surface area contributed by atoms with Crippen LogP contribution in [-0.4, -0.2) is 28.0 Å². The van der Waals surface area contributed by atoms with E-state index in [-0.39, 0.29) is 12.1 Å². The Labute approximate surface area is 160 Å². The molecule has 0 spiro atoms. The van der Waals surface area contributed by atoms with Gasteiger partial charge in [0.1, 0.15) is 17.1 Å². The van der Waals surface area contributed by atoms with E-state index in [9.17, 15) is 9.59 Å². The van der Waals surface area contributed by atoms with Gasteiger partial charge in [-0.25, -0.2) is 4.98 Å². The maximum Gasteiger partial charge on any atom is 0.261 e. The van der Waals surface area contributed by atoms with Crippen LogP contribution in [0.15, 0.2) is 65.5 Å². The zero-order chi connectivity index (χ0) is 19.5. The van der Waals surface area contributed by atoms with Gasteiger partial charge in [-0.1, -0.05) is 12.1 Å². The number of pyridine rings is 1. The average molecular weight is 374 g/mol. The van der Waals surface area contributed by atoms with E-state index in [4.69, 9.17) is 4.74 Å². The summed E-state index contributed by atoms with van der Waals surface area (Å²) in [5, 5.41) is 2.72. The molecule has 0 radical (unpaired) electrons. The van der Waals surface area contributed by atoms with Crippen LogP contribution >= 0.6 is 0 Å². The molecule has 2 aromatic heterocycles. The number of para-hydroxylation sites is 2. The van der Waals surface area contributed by atoms with Crippen molar-refractivity contribution in [1.82, 2.24) is 20.3 Å². The summed E-state index contributed by atoms with van der Waals surface area (Å²) in [6, 6.07) is 18.1. The summed E-state index contributed by atoms with van der Waals surface area (Å²) in [6.07, 6.45) is 0. The lowest BCUT2D eigenvalue weighted by Gasteiger charge is -2.06. The van der Waals surface area contributed by atoms with E-state index >= 15 is 0 Å². The van der Waals surface area contributed by atoms with Gasteiger partial charge in [0.25, 0.3) is 11.5 Å². The van der Waals surface area contributed by atoms with Crippen molar-refractivity contribution >= 4 is 16.9 Å². The van der Waals surface area contributed by atoms with E-state index in [1.165, 1.54) is 6.07 Å². The Morgan fingerprint density at radius 3 is 2.54 bits per heavy atom. The van der Waals surface area contributed by atoms with Crippen molar-refractivity contribution in [3.8, 4) is 17.0 Å². The number of hydrogen-bond acceptors (Lipinski definition) is 4. The number of aromatic amines is 2. The third kappa shape index (κ3) is 3.50. The maximum atomic E-state index is 12.4. The second-order valence-electron chi connectivity index (χ2n) is 6.23. The third-order valence-electron chi connectivity index (χ3n) is 4.41. The topological polar surface area (TPSA) is 99.9 Å². The first-order valence-corrected chi connectivity index (χ1v) is 8.73. The van der Waals surface area contributed by atoms with Crippen LogP contribution in [0.4, 0.5) is 0 Å². The van der Waals surface area contributed by atoms with Gasteiger partial charge < -0.3 is 20.0 Å². The van der Waals surface area contributed by atoms with E-state index in [2.05, 4.69) is 20.3 Å². The van der Waals surface area contributed by atoms with Gasteiger partial charge in [-0.3, -0.25) is 9.59 Å². The minimum Gasteiger partial charge on any atom is -0.497 e. The number of imidazole rings is 1. The second kappa shape index (κ2) is 7.40. The number of amides is 1. The van der Waals surface area contributed by atoms with Gasteiger partial charge in [-0.2, -0.15) is 0 Å². The van der Waals surface area contributed by atoms with Crippen LogP contribution in [0.1, 0.15) is 16.2 Å². The number of benzene rings is 2. The van der Waals surface area contributed by atoms with E-state index in [0.717, 1.165) is 22.3 Å². The molecular weight excluding hydrogens is 356 g/mol. The Bertz CT molecular complexity index is 1160. The largest absolute Gasteiger partial charge is 0.497 e. The minimum absolute atomic E-state index is 0.0494. The molecule has 0 unspecified atom stereocenters. The highest BCUT2D eigenvalue weighted by Gasteiger charge is 2.12. The normalized spacial score (nSPS) is 10.8. The summed E-state index contributed by atoms with van der Waals surface area (Å²) < 4.78 is 5.13. The fourth-order valence-electron chi connectivity index (χ4n) is 2.94. The number of rotatable bonds is 5. The fourth-order valence-corrected chi connectivity index (χ4v) is 2.94. The smallest absolute Gasteiger partial charge is 0.261 e. The van der Waals surface area contributed by atoms with Gasteiger partial charge in [0.2, 0.25) is 0 Å². The molecule has 7 nitrogen and oxygen atoms in total. The molecule has 3 N–H and O–H groups in total. The van der Waals surface area contributed by atoms with Crippen molar-refractivity contribution in [2.45, 2.75) is 6.54 Å². The summed E-state index contributed by atoms with van der Waals surface area (Å²) in [6.45, 7) is 0.202. The number of nitrogens with one attached hydrogen (secondary N) is 3. The highest BCUT2D eigenvalue weighted by molar-refractivity contribution is 5.94. The Kier molecular flexibility index (Phi) is 4.63. The zero-order valence-electron chi connectivity index (χ0n) is 15.2. The van der Waals surface area contributed by atoms with Crippen LogP contribution in [-0.2, 0) is 6.54 Å². The van der Waals surface area contributed by atoms with E-state index in [1.54, 1.807) is 13.2 Å². The highest BCUT2D eigenvalue weighted by Crippen LogP contribution is 2.19. The van der Waals surface area contributed by atoms with Gasteiger partial charge in [0.05, 0.1) is 24.7 Å². The standard InChI is InChI=1S/C21H18N4O3/c1-28-14-8-6-13(7-9-14)16-11-10-15(21(27)25-16)20(26)22-12-19-23-17-4-2-3-5-18(17)24-19/h2-11H,12H2,1H3,(H,22,26)(H,23,24)(H,25,27). The first kappa shape index (κ1) is 17.5. The molecule has 2 aromatic carbocycles. The molecular formula is C21H18N4O3.